The highest BCUT2D eigenvalue weighted by molar-refractivity contribution is 6.29. The monoisotopic (exact) mass is 297 g/mol. The summed E-state index contributed by atoms with van der Waals surface area (Å²) in [5.41, 5.74) is 5.01. The van der Waals surface area contributed by atoms with E-state index in [1.165, 1.54) is 28.6 Å². The SMILES string of the molecule is Clc1ccc(NC2CCCc3c2[nH]c2ccccc32)cn1. The van der Waals surface area contributed by atoms with Crippen molar-refractivity contribution in [3.05, 3.63) is 59.0 Å². The van der Waals surface area contributed by atoms with Crippen LogP contribution >= 0.6 is 11.6 Å². The highest BCUT2D eigenvalue weighted by atomic mass is 35.5. The van der Waals surface area contributed by atoms with Crippen molar-refractivity contribution in [3.8, 4) is 0 Å². The first-order valence-electron chi connectivity index (χ1n) is 7.29. The molecule has 2 N–H and O–H groups in total. The Morgan fingerprint density at radius 2 is 2.10 bits per heavy atom. The maximum absolute atomic E-state index is 5.84. The number of para-hydroxylation sites is 1. The molecule has 1 unspecified atom stereocenters. The van der Waals surface area contributed by atoms with Gasteiger partial charge in [0.2, 0.25) is 0 Å². The fourth-order valence-electron chi connectivity index (χ4n) is 3.22. The van der Waals surface area contributed by atoms with Gasteiger partial charge in [-0.1, -0.05) is 29.8 Å². The van der Waals surface area contributed by atoms with Gasteiger partial charge in [-0.2, -0.15) is 0 Å². The van der Waals surface area contributed by atoms with Gasteiger partial charge in [0.25, 0.3) is 0 Å². The number of nitrogens with one attached hydrogen (secondary N) is 2. The minimum Gasteiger partial charge on any atom is -0.375 e. The van der Waals surface area contributed by atoms with Gasteiger partial charge < -0.3 is 10.3 Å². The number of rotatable bonds is 2. The number of hydrogen-bond acceptors (Lipinski definition) is 2. The highest BCUT2D eigenvalue weighted by Crippen LogP contribution is 2.36. The largest absolute Gasteiger partial charge is 0.375 e. The van der Waals surface area contributed by atoms with E-state index in [-0.39, 0.29) is 0 Å². The van der Waals surface area contributed by atoms with Gasteiger partial charge >= 0.3 is 0 Å². The molecule has 0 bridgehead atoms. The van der Waals surface area contributed by atoms with Gasteiger partial charge in [0, 0.05) is 16.6 Å². The minimum absolute atomic E-state index is 0.309. The molecule has 106 valence electrons. The molecule has 1 aliphatic rings. The number of aromatic nitrogens is 2. The molecule has 1 atom stereocenters. The molecule has 0 amide bonds. The Kier molecular flexibility index (Phi) is 3.08. The number of anilines is 1. The van der Waals surface area contributed by atoms with Crippen LogP contribution in [0.15, 0.2) is 42.6 Å². The summed E-state index contributed by atoms with van der Waals surface area (Å²) in [7, 11) is 0. The molecule has 4 heteroatoms. The minimum atomic E-state index is 0.309. The van der Waals surface area contributed by atoms with E-state index in [1.54, 1.807) is 6.20 Å². The zero-order chi connectivity index (χ0) is 14.2. The second-order valence-corrected chi connectivity index (χ2v) is 5.91. The van der Waals surface area contributed by atoms with Gasteiger partial charge in [0.1, 0.15) is 5.15 Å². The summed E-state index contributed by atoms with van der Waals surface area (Å²) in [6, 6.07) is 12.6. The topological polar surface area (TPSA) is 40.7 Å². The summed E-state index contributed by atoms with van der Waals surface area (Å²) in [5, 5.41) is 5.45. The molecule has 0 aliphatic heterocycles. The number of benzene rings is 1. The number of pyridine rings is 1. The van der Waals surface area contributed by atoms with Crippen LogP contribution in [-0.4, -0.2) is 9.97 Å². The van der Waals surface area contributed by atoms with Crippen molar-refractivity contribution in [1.29, 1.82) is 0 Å². The number of H-pyrrole nitrogens is 1. The van der Waals surface area contributed by atoms with Crippen LogP contribution < -0.4 is 5.32 Å². The molecular weight excluding hydrogens is 282 g/mol. The van der Waals surface area contributed by atoms with E-state index in [0.717, 1.165) is 18.5 Å². The molecule has 3 nitrogen and oxygen atoms in total. The van der Waals surface area contributed by atoms with Crippen molar-refractivity contribution < 1.29 is 0 Å². The van der Waals surface area contributed by atoms with E-state index < -0.39 is 0 Å². The summed E-state index contributed by atoms with van der Waals surface area (Å²) in [5.74, 6) is 0. The average molecular weight is 298 g/mol. The van der Waals surface area contributed by atoms with Crippen LogP contribution in [0.2, 0.25) is 5.15 Å². The molecule has 21 heavy (non-hydrogen) atoms. The maximum Gasteiger partial charge on any atom is 0.129 e. The van der Waals surface area contributed by atoms with Gasteiger partial charge in [-0.05, 0) is 43.0 Å². The normalized spacial score (nSPS) is 17.7. The molecule has 0 spiro atoms. The Hall–Kier alpha value is -2.00. The van der Waals surface area contributed by atoms with Crippen molar-refractivity contribution in [2.45, 2.75) is 25.3 Å². The molecule has 2 aromatic heterocycles. The first-order valence-corrected chi connectivity index (χ1v) is 7.66. The van der Waals surface area contributed by atoms with Crippen molar-refractivity contribution in [2.24, 2.45) is 0 Å². The summed E-state index contributed by atoms with van der Waals surface area (Å²) >= 11 is 5.84. The van der Waals surface area contributed by atoms with Crippen LogP contribution in [0.1, 0.15) is 30.1 Å². The maximum atomic E-state index is 5.84. The Morgan fingerprint density at radius 3 is 2.95 bits per heavy atom. The van der Waals surface area contributed by atoms with Crippen LogP contribution in [0.25, 0.3) is 10.9 Å². The molecule has 0 radical (unpaired) electrons. The molecule has 1 aromatic carbocycles. The lowest BCUT2D eigenvalue weighted by atomic mass is 9.91. The number of hydrogen-bond donors (Lipinski definition) is 2. The third-order valence-electron chi connectivity index (χ3n) is 4.18. The molecule has 0 saturated carbocycles. The van der Waals surface area contributed by atoms with Crippen LogP contribution in [0.4, 0.5) is 5.69 Å². The number of halogens is 1. The number of aryl methyl sites for hydroxylation is 1. The smallest absolute Gasteiger partial charge is 0.129 e. The zero-order valence-electron chi connectivity index (χ0n) is 11.6. The summed E-state index contributed by atoms with van der Waals surface area (Å²) in [6.45, 7) is 0. The third-order valence-corrected chi connectivity index (χ3v) is 4.41. The number of aromatic amines is 1. The molecule has 4 rings (SSSR count). The molecule has 1 aliphatic carbocycles. The van der Waals surface area contributed by atoms with Crippen molar-refractivity contribution in [3.63, 3.8) is 0 Å². The van der Waals surface area contributed by atoms with Crippen LogP contribution in [0.5, 0.6) is 0 Å². The molecular formula is C17H16ClN3. The first-order chi connectivity index (χ1) is 10.3. The lowest BCUT2D eigenvalue weighted by Crippen LogP contribution is -2.17. The van der Waals surface area contributed by atoms with E-state index in [0.29, 0.717) is 11.2 Å². The Bertz CT molecular complexity index is 776. The predicted octanol–water partition coefficient (Wildman–Crippen LogP) is 4.71. The Morgan fingerprint density at radius 1 is 1.19 bits per heavy atom. The van der Waals surface area contributed by atoms with Gasteiger partial charge in [-0.15, -0.1) is 0 Å². The van der Waals surface area contributed by atoms with Crippen LogP contribution in [-0.2, 0) is 6.42 Å². The van der Waals surface area contributed by atoms with Crippen LogP contribution in [0, 0.1) is 0 Å². The summed E-state index contributed by atoms with van der Waals surface area (Å²) in [6.07, 6.45) is 5.27. The zero-order valence-corrected chi connectivity index (χ0v) is 12.3. The van der Waals surface area contributed by atoms with Crippen molar-refractivity contribution in [1.82, 2.24) is 9.97 Å². The Balaban J connectivity index is 1.71. The van der Waals surface area contributed by atoms with Gasteiger partial charge in [-0.25, -0.2) is 4.98 Å². The fourth-order valence-corrected chi connectivity index (χ4v) is 3.33. The number of fused-ring (bicyclic) bond motifs is 3. The first kappa shape index (κ1) is 12.7. The summed E-state index contributed by atoms with van der Waals surface area (Å²) in [4.78, 5) is 7.72. The predicted molar refractivity (Wildman–Crippen MR) is 86.8 cm³/mol. The third kappa shape index (κ3) is 2.28. The van der Waals surface area contributed by atoms with Crippen molar-refractivity contribution in [2.75, 3.05) is 5.32 Å². The number of nitrogens with zero attached hydrogens (tertiary/aromatic N) is 1. The molecule has 0 fully saturated rings. The van der Waals surface area contributed by atoms with E-state index in [1.807, 2.05) is 12.1 Å². The lowest BCUT2D eigenvalue weighted by molar-refractivity contribution is 0.592. The van der Waals surface area contributed by atoms with Crippen LogP contribution in [0.3, 0.4) is 0 Å². The van der Waals surface area contributed by atoms with E-state index in [9.17, 15) is 0 Å². The van der Waals surface area contributed by atoms with Gasteiger partial charge in [0.05, 0.1) is 17.9 Å². The standard InChI is InChI=1S/C17H16ClN3/c18-16-9-8-11(10-19-16)20-15-7-3-5-13-12-4-1-2-6-14(12)21-17(13)15/h1-2,4,6,8-10,15,20-21H,3,5,7H2. The van der Waals surface area contributed by atoms with E-state index >= 15 is 0 Å². The molecule has 3 aromatic rings. The average Bonchev–Trinajstić information content (AvgIpc) is 2.89. The Labute approximate surface area is 128 Å². The highest BCUT2D eigenvalue weighted by Gasteiger charge is 2.23. The summed E-state index contributed by atoms with van der Waals surface area (Å²) < 4.78 is 0. The van der Waals surface area contributed by atoms with Crippen molar-refractivity contribution >= 4 is 28.2 Å². The quantitative estimate of drug-likeness (QED) is 0.673. The van der Waals surface area contributed by atoms with E-state index in [2.05, 4.69) is 39.6 Å². The van der Waals surface area contributed by atoms with Gasteiger partial charge in [-0.3, -0.25) is 0 Å². The van der Waals surface area contributed by atoms with E-state index in [4.69, 9.17) is 11.6 Å². The second kappa shape index (κ2) is 5.08. The molecule has 2 heterocycles. The fraction of sp³-hybridized carbons (Fsp3) is 0.235. The molecule has 0 saturated heterocycles. The van der Waals surface area contributed by atoms with Gasteiger partial charge in [0.15, 0.2) is 0 Å². The second-order valence-electron chi connectivity index (χ2n) is 5.52. The lowest BCUT2D eigenvalue weighted by Gasteiger charge is -2.24.